The van der Waals surface area contributed by atoms with Gasteiger partial charge in [0.25, 0.3) is 0 Å². The van der Waals surface area contributed by atoms with Gasteiger partial charge in [-0.3, -0.25) is 0 Å². The monoisotopic (exact) mass is 393 g/mol. The Hall–Kier alpha value is -2.12. The molecule has 0 aliphatic heterocycles. The lowest BCUT2D eigenvalue weighted by atomic mass is 9.92. The van der Waals surface area contributed by atoms with Crippen LogP contribution in [0.25, 0.3) is 5.57 Å². The third kappa shape index (κ3) is 6.49. The van der Waals surface area contributed by atoms with E-state index in [0.29, 0.717) is 0 Å². The highest BCUT2D eigenvalue weighted by Crippen LogP contribution is 2.29. The molecule has 0 fully saturated rings. The summed E-state index contributed by atoms with van der Waals surface area (Å²) >= 11 is 6.17. The lowest BCUT2D eigenvalue weighted by Gasteiger charge is -2.17. The van der Waals surface area contributed by atoms with E-state index in [4.69, 9.17) is 16.6 Å². The molecule has 0 unspecified atom stereocenters. The molecule has 0 amide bonds. The zero-order valence-corrected chi connectivity index (χ0v) is 18.3. The van der Waals surface area contributed by atoms with E-state index in [1.54, 1.807) is 0 Å². The van der Waals surface area contributed by atoms with Crippen molar-refractivity contribution in [3.05, 3.63) is 83.0 Å². The molecule has 0 spiro atoms. The van der Waals surface area contributed by atoms with Crippen LogP contribution in [0, 0.1) is 6.92 Å². The number of rotatable bonds is 9. The van der Waals surface area contributed by atoms with Crippen molar-refractivity contribution in [3.63, 3.8) is 0 Å². The molecule has 28 heavy (non-hydrogen) atoms. The molecule has 1 aromatic carbocycles. The molecular weight excluding hydrogens is 362 g/mol. The van der Waals surface area contributed by atoms with Gasteiger partial charge in [-0.1, -0.05) is 48.0 Å². The van der Waals surface area contributed by atoms with E-state index >= 15 is 0 Å². The Morgan fingerprint density at radius 2 is 1.75 bits per heavy atom. The summed E-state index contributed by atoms with van der Waals surface area (Å²) in [5, 5.41) is 0.900. The van der Waals surface area contributed by atoms with Crippen LogP contribution in [0.5, 0.6) is 0 Å². The first-order valence-corrected chi connectivity index (χ1v) is 10.4. The first kappa shape index (κ1) is 22.2. The van der Waals surface area contributed by atoms with Crippen LogP contribution >= 0.6 is 11.6 Å². The van der Waals surface area contributed by atoms with E-state index in [0.717, 1.165) is 77.2 Å². The van der Waals surface area contributed by atoms with Gasteiger partial charge in [-0.2, -0.15) is 0 Å². The number of aryl methyl sites for hydroxylation is 1. The maximum absolute atomic E-state index is 6.17. The van der Waals surface area contributed by atoms with Crippen molar-refractivity contribution < 1.29 is 0 Å². The van der Waals surface area contributed by atoms with E-state index in [9.17, 15) is 0 Å². The number of benzene rings is 1. The Kier molecular flexibility index (Phi) is 8.26. The van der Waals surface area contributed by atoms with E-state index in [-0.39, 0.29) is 0 Å². The topological polar surface area (TPSA) is 12.4 Å². The molecule has 1 nitrogen and oxygen atoms in total. The predicted molar refractivity (Wildman–Crippen MR) is 127 cm³/mol. The van der Waals surface area contributed by atoms with Gasteiger partial charge in [-0.25, -0.2) is 4.99 Å². The maximum atomic E-state index is 6.17. The average Bonchev–Trinajstić information content (AvgIpc) is 2.64. The van der Waals surface area contributed by atoms with E-state index in [1.807, 2.05) is 13.0 Å². The van der Waals surface area contributed by atoms with Gasteiger partial charge in [0, 0.05) is 5.03 Å². The van der Waals surface area contributed by atoms with Crippen molar-refractivity contribution in [2.75, 3.05) is 0 Å². The fraction of sp³-hybridized carbons (Fsp3) is 0.346. The Morgan fingerprint density at radius 1 is 1.04 bits per heavy atom. The number of allylic oxidation sites excluding steroid dienone is 7. The highest BCUT2D eigenvalue weighted by molar-refractivity contribution is 6.30. The Morgan fingerprint density at radius 3 is 2.32 bits per heavy atom. The van der Waals surface area contributed by atoms with Gasteiger partial charge in [0.15, 0.2) is 0 Å². The van der Waals surface area contributed by atoms with Crippen molar-refractivity contribution in [2.45, 2.75) is 59.3 Å². The molecule has 0 N–H and O–H groups in total. The Labute approximate surface area is 175 Å². The van der Waals surface area contributed by atoms with Gasteiger partial charge >= 0.3 is 0 Å². The van der Waals surface area contributed by atoms with Crippen LogP contribution in [0.3, 0.4) is 0 Å². The Bertz CT molecular complexity index is 864. The third-order valence-corrected chi connectivity index (χ3v) is 5.31. The minimum absolute atomic E-state index is 0.864. The molecule has 0 aromatic heterocycles. The molecular formula is C26H32ClN. The number of hydrogen-bond acceptors (Lipinski definition) is 1. The van der Waals surface area contributed by atoms with Crippen molar-refractivity contribution in [3.8, 4) is 0 Å². The second kappa shape index (κ2) is 10.4. The minimum Gasteiger partial charge on any atom is -0.248 e. The fourth-order valence-electron chi connectivity index (χ4n) is 3.24. The first-order chi connectivity index (χ1) is 13.3. The first-order valence-electron chi connectivity index (χ1n) is 10.0. The summed E-state index contributed by atoms with van der Waals surface area (Å²) in [6, 6.07) is 6.33. The highest BCUT2D eigenvalue weighted by atomic mass is 35.5. The number of aliphatic imine (C=N–C) groups is 1. The maximum Gasteiger partial charge on any atom is 0.0695 e. The lowest BCUT2D eigenvalue weighted by Crippen LogP contribution is -2.08. The van der Waals surface area contributed by atoms with Gasteiger partial charge in [-0.05, 0) is 99.8 Å². The van der Waals surface area contributed by atoms with E-state index in [2.05, 4.69) is 57.9 Å². The van der Waals surface area contributed by atoms with Crippen LogP contribution in [-0.4, -0.2) is 5.71 Å². The molecule has 2 rings (SSSR count). The fourth-order valence-corrected chi connectivity index (χ4v) is 3.39. The van der Waals surface area contributed by atoms with E-state index in [1.165, 1.54) is 11.1 Å². The molecule has 1 aliphatic rings. The zero-order chi connectivity index (χ0) is 20.7. The van der Waals surface area contributed by atoms with Crippen LogP contribution < -0.4 is 0 Å². The van der Waals surface area contributed by atoms with Crippen molar-refractivity contribution in [2.24, 2.45) is 4.99 Å². The summed E-state index contributed by atoms with van der Waals surface area (Å²) in [4.78, 5) is 5.05. The zero-order valence-electron chi connectivity index (χ0n) is 17.6. The summed E-state index contributed by atoms with van der Waals surface area (Å²) in [7, 11) is 0. The standard InChI is InChI=1S/C26H32ClN/c1-18(2)9-7-8-10-20(5)26(22-11-14-24(27)15-12-22)28-25-16-13-23(19(3)4)17-21(25)6/h11,13-14,16-17H,1,3,5,7-10,12,15H2,2,4,6H3. The van der Waals surface area contributed by atoms with Gasteiger partial charge in [-0.15, -0.1) is 6.58 Å². The molecule has 0 saturated carbocycles. The number of hydrogen-bond donors (Lipinski definition) is 0. The number of unbranched alkanes of at least 4 members (excludes halogenated alkanes) is 1. The van der Waals surface area contributed by atoms with Gasteiger partial charge in [0.1, 0.15) is 0 Å². The molecule has 1 aliphatic carbocycles. The van der Waals surface area contributed by atoms with E-state index < -0.39 is 0 Å². The lowest BCUT2D eigenvalue weighted by molar-refractivity contribution is 0.736. The summed E-state index contributed by atoms with van der Waals surface area (Å²) in [5.41, 5.74) is 8.94. The normalized spacial score (nSPS) is 14.4. The van der Waals surface area contributed by atoms with Crippen LogP contribution in [0.4, 0.5) is 5.69 Å². The Balaban J connectivity index is 2.30. The second-order valence-electron chi connectivity index (χ2n) is 7.82. The second-order valence-corrected chi connectivity index (χ2v) is 8.30. The molecule has 0 radical (unpaired) electrons. The van der Waals surface area contributed by atoms with Gasteiger partial charge < -0.3 is 0 Å². The summed E-state index contributed by atoms with van der Waals surface area (Å²) in [6.07, 6.45) is 10.1. The van der Waals surface area contributed by atoms with Gasteiger partial charge in [0.2, 0.25) is 0 Å². The molecule has 148 valence electrons. The van der Waals surface area contributed by atoms with Crippen molar-refractivity contribution in [1.82, 2.24) is 0 Å². The van der Waals surface area contributed by atoms with Crippen LogP contribution in [-0.2, 0) is 0 Å². The largest absolute Gasteiger partial charge is 0.248 e. The quantitative estimate of drug-likeness (QED) is 0.226. The highest BCUT2D eigenvalue weighted by Gasteiger charge is 2.15. The SMILES string of the molecule is C=C(C)CCCCC(=C)C(=Nc1ccc(C(=C)C)cc1C)C1=CC=C(Cl)CC1. The molecule has 0 bridgehead atoms. The molecule has 0 heterocycles. The van der Waals surface area contributed by atoms with Crippen molar-refractivity contribution >= 4 is 28.6 Å². The van der Waals surface area contributed by atoms with Crippen LogP contribution in [0.2, 0.25) is 0 Å². The molecule has 1 aromatic rings. The molecule has 0 atom stereocenters. The summed E-state index contributed by atoms with van der Waals surface area (Å²) in [5.74, 6) is 0. The summed E-state index contributed by atoms with van der Waals surface area (Å²) in [6.45, 7) is 18.6. The minimum atomic E-state index is 0.864. The van der Waals surface area contributed by atoms with Crippen LogP contribution in [0.1, 0.15) is 63.5 Å². The number of nitrogens with zero attached hydrogens (tertiary/aromatic N) is 1. The molecule has 0 saturated heterocycles. The smallest absolute Gasteiger partial charge is 0.0695 e. The van der Waals surface area contributed by atoms with Gasteiger partial charge in [0.05, 0.1) is 11.4 Å². The average molecular weight is 394 g/mol. The van der Waals surface area contributed by atoms with Crippen LogP contribution in [0.15, 0.2) is 76.8 Å². The summed E-state index contributed by atoms with van der Waals surface area (Å²) < 4.78 is 0. The molecule has 2 heteroatoms. The third-order valence-electron chi connectivity index (χ3n) is 4.99. The predicted octanol–water partition coefficient (Wildman–Crippen LogP) is 8.64. The van der Waals surface area contributed by atoms with Crippen molar-refractivity contribution in [1.29, 1.82) is 0 Å². The number of halogens is 1.